The van der Waals surface area contributed by atoms with Gasteiger partial charge in [-0.25, -0.2) is 8.78 Å². The first-order valence-electron chi connectivity index (χ1n) is 6.28. The number of nitro groups is 1. The maximum atomic E-state index is 12.8. The maximum Gasteiger partial charge on any atom is 0.270 e. The van der Waals surface area contributed by atoms with Crippen LogP contribution in [0.5, 0.6) is 0 Å². The molecule has 0 amide bonds. The molecule has 1 rings (SSSR count). The van der Waals surface area contributed by atoms with Gasteiger partial charge in [-0.05, 0) is 39.3 Å². The summed E-state index contributed by atoms with van der Waals surface area (Å²) in [5, 5.41) is 10.8. The second-order valence-corrected chi connectivity index (χ2v) is 7.63. The van der Waals surface area contributed by atoms with E-state index in [1.165, 1.54) is 12.1 Å². The highest BCUT2D eigenvalue weighted by atomic mass is 32.2. The molecule has 2 atom stereocenters. The van der Waals surface area contributed by atoms with E-state index in [0.717, 1.165) is 6.07 Å². The number of nitrogens with zero attached hydrogens (tertiary/aromatic N) is 1. The van der Waals surface area contributed by atoms with Gasteiger partial charge in [0.25, 0.3) is 12.1 Å². The van der Waals surface area contributed by atoms with Crippen molar-refractivity contribution in [1.82, 2.24) is 4.72 Å². The molecule has 0 heterocycles. The second kappa shape index (κ2) is 6.67. The van der Waals surface area contributed by atoms with Crippen LogP contribution in [0.15, 0.2) is 18.2 Å². The highest BCUT2D eigenvalue weighted by Crippen LogP contribution is 2.29. The number of halogens is 2. The lowest BCUT2D eigenvalue weighted by molar-refractivity contribution is -0.385. The van der Waals surface area contributed by atoms with E-state index in [4.69, 9.17) is 0 Å². The normalized spacial score (nSPS) is 15.0. The third-order valence-electron chi connectivity index (χ3n) is 2.77. The van der Waals surface area contributed by atoms with E-state index in [0.29, 0.717) is 5.56 Å². The molecule has 0 saturated carbocycles. The molecule has 0 aliphatic rings. The topological polar surface area (TPSA) is 78.2 Å². The number of hydrogen-bond acceptors (Lipinski definition) is 4. The van der Waals surface area contributed by atoms with Crippen LogP contribution in [-0.4, -0.2) is 14.2 Å². The second-order valence-electron chi connectivity index (χ2n) is 5.64. The molecule has 118 valence electrons. The van der Waals surface area contributed by atoms with Crippen LogP contribution in [0.2, 0.25) is 0 Å². The molecule has 8 heteroatoms. The lowest BCUT2D eigenvalue weighted by atomic mass is 10.0. The molecule has 21 heavy (non-hydrogen) atoms. The maximum absolute atomic E-state index is 12.8. The predicted molar refractivity (Wildman–Crippen MR) is 77.5 cm³/mol. The molecule has 0 fully saturated rings. The summed E-state index contributed by atoms with van der Waals surface area (Å²) < 4.78 is 39.9. The first-order chi connectivity index (χ1) is 9.52. The van der Waals surface area contributed by atoms with Crippen LogP contribution in [-0.2, 0) is 11.4 Å². The minimum Gasteiger partial charge on any atom is -0.598 e. The standard InChI is InChI=1S/C13H18F2N2O3S/c1-8(16-21(20)13(2,3)4)9-5-10(12(14)15)7-11(6-9)17(18)19/h5-8,12,16H,1-4H3/t8-,21-/m1/s1. The van der Waals surface area contributed by atoms with Crippen LogP contribution >= 0.6 is 0 Å². The van der Waals surface area contributed by atoms with Gasteiger partial charge in [-0.15, -0.1) is 4.72 Å². The summed E-state index contributed by atoms with van der Waals surface area (Å²) in [6.07, 6.45) is -2.80. The average molecular weight is 320 g/mol. The van der Waals surface area contributed by atoms with Gasteiger partial charge in [0.1, 0.15) is 4.75 Å². The number of nitrogens with one attached hydrogen (secondary N) is 1. The highest BCUT2D eigenvalue weighted by Gasteiger charge is 2.29. The fourth-order valence-corrected chi connectivity index (χ4v) is 2.36. The zero-order valence-corrected chi connectivity index (χ0v) is 13.0. The Balaban J connectivity index is 3.08. The summed E-state index contributed by atoms with van der Waals surface area (Å²) in [4.78, 5) is 10.1. The predicted octanol–water partition coefficient (Wildman–Crippen LogP) is 3.65. The number of nitro benzene ring substituents is 1. The van der Waals surface area contributed by atoms with Gasteiger partial charge in [0.05, 0.1) is 11.0 Å². The van der Waals surface area contributed by atoms with Crippen LogP contribution in [0.4, 0.5) is 14.5 Å². The summed E-state index contributed by atoms with van der Waals surface area (Å²) in [5.41, 5.74) is -0.524. The number of alkyl halides is 2. The summed E-state index contributed by atoms with van der Waals surface area (Å²) >= 11 is -1.41. The Labute approximate surface area is 125 Å². The van der Waals surface area contributed by atoms with Gasteiger partial charge < -0.3 is 4.55 Å². The average Bonchev–Trinajstić information content (AvgIpc) is 2.36. The smallest absolute Gasteiger partial charge is 0.270 e. The molecule has 1 aromatic rings. The summed E-state index contributed by atoms with van der Waals surface area (Å²) in [5.74, 6) is 0. The van der Waals surface area contributed by atoms with Gasteiger partial charge in [0, 0.05) is 29.1 Å². The Morgan fingerprint density at radius 3 is 2.19 bits per heavy atom. The zero-order valence-electron chi connectivity index (χ0n) is 12.2. The van der Waals surface area contributed by atoms with Crippen molar-refractivity contribution in [1.29, 1.82) is 0 Å². The Hall–Kier alpha value is -1.25. The monoisotopic (exact) mass is 320 g/mol. The van der Waals surface area contributed by atoms with Gasteiger partial charge in [-0.3, -0.25) is 10.1 Å². The van der Waals surface area contributed by atoms with Crippen molar-refractivity contribution in [3.8, 4) is 0 Å². The van der Waals surface area contributed by atoms with Crippen molar-refractivity contribution in [3.63, 3.8) is 0 Å². The molecule has 0 unspecified atom stereocenters. The Kier molecular flexibility index (Phi) is 5.66. The van der Waals surface area contributed by atoms with Crippen LogP contribution in [0.3, 0.4) is 0 Å². The lowest BCUT2D eigenvalue weighted by Crippen LogP contribution is -2.40. The molecule has 0 bridgehead atoms. The van der Waals surface area contributed by atoms with Crippen molar-refractivity contribution in [3.05, 3.63) is 39.4 Å². The molecular weight excluding hydrogens is 302 g/mol. The van der Waals surface area contributed by atoms with Crippen molar-refractivity contribution in [2.24, 2.45) is 0 Å². The Morgan fingerprint density at radius 1 is 1.24 bits per heavy atom. The highest BCUT2D eigenvalue weighted by molar-refractivity contribution is 7.90. The fraction of sp³-hybridized carbons (Fsp3) is 0.538. The molecule has 1 N–H and O–H groups in total. The molecule has 0 aliphatic heterocycles. The van der Waals surface area contributed by atoms with Crippen molar-refractivity contribution in [2.75, 3.05) is 0 Å². The minimum atomic E-state index is -2.80. The first kappa shape index (κ1) is 17.8. The zero-order chi connectivity index (χ0) is 16.4. The van der Waals surface area contributed by atoms with Crippen LogP contribution in [0, 0.1) is 10.1 Å². The summed E-state index contributed by atoms with van der Waals surface area (Å²) in [7, 11) is 0. The molecule has 0 radical (unpaired) electrons. The summed E-state index contributed by atoms with van der Waals surface area (Å²) in [6, 6.07) is 2.70. The third-order valence-corrected chi connectivity index (χ3v) is 4.45. The Bertz CT molecular complexity index is 521. The van der Waals surface area contributed by atoms with E-state index in [1.54, 1.807) is 27.7 Å². The minimum absolute atomic E-state index is 0.303. The van der Waals surface area contributed by atoms with Crippen LogP contribution < -0.4 is 4.72 Å². The van der Waals surface area contributed by atoms with Crippen LogP contribution in [0.25, 0.3) is 0 Å². The van der Waals surface area contributed by atoms with Crippen molar-refractivity contribution >= 4 is 17.0 Å². The molecule has 0 spiro atoms. The van der Waals surface area contributed by atoms with E-state index in [9.17, 15) is 23.4 Å². The Morgan fingerprint density at radius 2 is 1.76 bits per heavy atom. The lowest BCUT2D eigenvalue weighted by Gasteiger charge is -2.26. The van der Waals surface area contributed by atoms with E-state index >= 15 is 0 Å². The number of non-ortho nitro benzene ring substituents is 1. The first-order valence-corrected chi connectivity index (χ1v) is 7.43. The van der Waals surface area contributed by atoms with Crippen LogP contribution in [0.1, 0.15) is 51.3 Å². The molecule has 5 nitrogen and oxygen atoms in total. The SMILES string of the molecule is C[C@@H](N[S@+]([O-])C(C)(C)C)c1cc(C(F)F)cc([N+](=O)[O-])c1. The van der Waals surface area contributed by atoms with Gasteiger partial charge in [-0.2, -0.15) is 0 Å². The number of rotatable bonds is 5. The third kappa shape index (κ3) is 4.90. The van der Waals surface area contributed by atoms with Crippen molar-refractivity contribution < 1.29 is 18.3 Å². The molecule has 0 saturated heterocycles. The molecular formula is C13H18F2N2O3S. The van der Waals surface area contributed by atoms with Crippen molar-refractivity contribution in [2.45, 2.75) is 44.9 Å². The fourth-order valence-electron chi connectivity index (χ4n) is 1.55. The van der Waals surface area contributed by atoms with E-state index in [-0.39, 0.29) is 0 Å². The summed E-state index contributed by atoms with van der Waals surface area (Å²) in [6.45, 7) is 6.92. The quantitative estimate of drug-likeness (QED) is 0.510. The van der Waals surface area contributed by atoms with E-state index < -0.39 is 44.8 Å². The van der Waals surface area contributed by atoms with Gasteiger partial charge in [0.2, 0.25) is 0 Å². The van der Waals surface area contributed by atoms with E-state index in [1.807, 2.05) is 0 Å². The number of benzene rings is 1. The van der Waals surface area contributed by atoms with E-state index in [2.05, 4.69) is 4.72 Å². The molecule has 0 aliphatic carbocycles. The largest absolute Gasteiger partial charge is 0.598 e. The van der Waals surface area contributed by atoms with Gasteiger partial charge >= 0.3 is 0 Å². The number of hydrogen-bond donors (Lipinski definition) is 1. The van der Waals surface area contributed by atoms with Gasteiger partial charge in [0.15, 0.2) is 0 Å². The molecule has 1 aromatic carbocycles. The van der Waals surface area contributed by atoms with Gasteiger partial charge in [-0.1, -0.05) is 0 Å². The molecule has 0 aromatic heterocycles.